The standard InChI is InChI=1S/C8H13NO2/c9-7-5-3-1-2-4-6(5)11-8(7)10/h5-7H,1-4,9H2/t5-,6+,7?/m0/s1. The average Bonchev–Trinajstić information content (AvgIpc) is 2.30. The Kier molecular flexibility index (Phi) is 1.60. The normalized spacial score (nSPS) is 43.4. The fourth-order valence-corrected chi connectivity index (χ4v) is 2.09. The fraction of sp³-hybridized carbons (Fsp3) is 0.875. The number of hydrogen-bond acceptors (Lipinski definition) is 3. The van der Waals surface area contributed by atoms with Crippen LogP contribution in [0.3, 0.4) is 0 Å². The molecule has 0 bridgehead atoms. The maximum atomic E-state index is 11.0. The summed E-state index contributed by atoms with van der Waals surface area (Å²) in [5.74, 6) is 0.123. The highest BCUT2D eigenvalue weighted by Crippen LogP contribution is 2.33. The van der Waals surface area contributed by atoms with Crippen LogP contribution in [0.15, 0.2) is 0 Å². The van der Waals surface area contributed by atoms with Crippen LogP contribution in [0.4, 0.5) is 0 Å². The Hall–Kier alpha value is -0.570. The summed E-state index contributed by atoms with van der Waals surface area (Å²) >= 11 is 0. The zero-order chi connectivity index (χ0) is 7.84. The van der Waals surface area contributed by atoms with Crippen LogP contribution in [-0.2, 0) is 9.53 Å². The lowest BCUT2D eigenvalue weighted by molar-refractivity contribution is -0.142. The van der Waals surface area contributed by atoms with Gasteiger partial charge in [0.1, 0.15) is 12.1 Å². The van der Waals surface area contributed by atoms with Crippen LogP contribution < -0.4 is 5.73 Å². The molecule has 1 saturated heterocycles. The van der Waals surface area contributed by atoms with Crippen molar-refractivity contribution in [1.82, 2.24) is 0 Å². The van der Waals surface area contributed by atoms with Crippen LogP contribution in [0.25, 0.3) is 0 Å². The highest BCUT2D eigenvalue weighted by atomic mass is 16.6. The Morgan fingerprint density at radius 2 is 2.09 bits per heavy atom. The molecule has 2 fully saturated rings. The number of ether oxygens (including phenoxy) is 1. The first kappa shape index (κ1) is 7.10. The van der Waals surface area contributed by atoms with Gasteiger partial charge in [-0.2, -0.15) is 0 Å². The lowest BCUT2D eigenvalue weighted by Gasteiger charge is -2.23. The molecule has 62 valence electrons. The number of esters is 1. The van der Waals surface area contributed by atoms with E-state index >= 15 is 0 Å². The monoisotopic (exact) mass is 155 g/mol. The lowest BCUT2D eigenvalue weighted by atomic mass is 9.84. The van der Waals surface area contributed by atoms with Crippen molar-refractivity contribution in [1.29, 1.82) is 0 Å². The van der Waals surface area contributed by atoms with Gasteiger partial charge in [0.25, 0.3) is 0 Å². The van der Waals surface area contributed by atoms with E-state index in [-0.39, 0.29) is 18.1 Å². The minimum atomic E-state index is -0.333. The van der Waals surface area contributed by atoms with Crippen molar-refractivity contribution >= 4 is 5.97 Å². The lowest BCUT2D eigenvalue weighted by Crippen LogP contribution is -2.35. The summed E-state index contributed by atoms with van der Waals surface area (Å²) in [5.41, 5.74) is 5.66. The van der Waals surface area contributed by atoms with Gasteiger partial charge in [0.15, 0.2) is 0 Å². The molecule has 11 heavy (non-hydrogen) atoms. The molecule has 3 nitrogen and oxygen atoms in total. The van der Waals surface area contributed by atoms with E-state index in [1.54, 1.807) is 0 Å². The van der Waals surface area contributed by atoms with Gasteiger partial charge in [-0.15, -0.1) is 0 Å². The Morgan fingerprint density at radius 3 is 2.82 bits per heavy atom. The minimum Gasteiger partial charge on any atom is -0.461 e. The molecule has 2 aliphatic rings. The topological polar surface area (TPSA) is 52.3 Å². The number of fused-ring (bicyclic) bond motifs is 1. The van der Waals surface area contributed by atoms with Crippen molar-refractivity contribution in [3.63, 3.8) is 0 Å². The van der Waals surface area contributed by atoms with Gasteiger partial charge < -0.3 is 10.5 Å². The van der Waals surface area contributed by atoms with E-state index in [1.807, 2.05) is 0 Å². The highest BCUT2D eigenvalue weighted by Gasteiger charge is 2.43. The summed E-state index contributed by atoms with van der Waals surface area (Å²) in [6, 6.07) is -0.333. The molecule has 3 heteroatoms. The summed E-state index contributed by atoms with van der Waals surface area (Å²) in [4.78, 5) is 11.0. The van der Waals surface area contributed by atoms with Crippen LogP contribution in [-0.4, -0.2) is 18.1 Å². The van der Waals surface area contributed by atoms with Crippen LogP contribution in [0.2, 0.25) is 0 Å². The van der Waals surface area contributed by atoms with Crippen molar-refractivity contribution in [2.75, 3.05) is 0 Å². The number of carbonyl (C=O) groups is 1. The summed E-state index contributed by atoms with van der Waals surface area (Å²) in [7, 11) is 0. The molecule has 0 aromatic heterocycles. The third-order valence-corrected chi connectivity index (χ3v) is 2.75. The Balaban J connectivity index is 2.11. The molecular formula is C8H13NO2. The van der Waals surface area contributed by atoms with E-state index in [0.717, 1.165) is 12.8 Å². The zero-order valence-electron chi connectivity index (χ0n) is 6.45. The van der Waals surface area contributed by atoms with Crippen LogP contribution in [0, 0.1) is 5.92 Å². The third-order valence-electron chi connectivity index (χ3n) is 2.75. The summed E-state index contributed by atoms with van der Waals surface area (Å²) in [6.45, 7) is 0. The van der Waals surface area contributed by atoms with E-state index in [1.165, 1.54) is 12.8 Å². The van der Waals surface area contributed by atoms with Gasteiger partial charge in [-0.3, -0.25) is 4.79 Å². The number of carbonyl (C=O) groups excluding carboxylic acids is 1. The molecule has 0 spiro atoms. The third kappa shape index (κ3) is 1.03. The molecule has 3 atom stereocenters. The Labute approximate surface area is 65.9 Å². The number of hydrogen-bond donors (Lipinski definition) is 1. The van der Waals surface area contributed by atoms with Crippen molar-refractivity contribution in [2.45, 2.75) is 37.8 Å². The van der Waals surface area contributed by atoms with Gasteiger partial charge in [-0.05, 0) is 19.3 Å². The van der Waals surface area contributed by atoms with Gasteiger partial charge in [-0.1, -0.05) is 6.42 Å². The molecule has 0 aromatic carbocycles. The first-order chi connectivity index (χ1) is 5.29. The maximum Gasteiger partial charge on any atom is 0.323 e. The van der Waals surface area contributed by atoms with Gasteiger partial charge in [-0.25, -0.2) is 0 Å². The van der Waals surface area contributed by atoms with Crippen molar-refractivity contribution < 1.29 is 9.53 Å². The molecule has 1 aliphatic heterocycles. The van der Waals surface area contributed by atoms with Gasteiger partial charge in [0, 0.05) is 5.92 Å². The molecule has 0 radical (unpaired) electrons. The minimum absolute atomic E-state index is 0.145. The largest absolute Gasteiger partial charge is 0.461 e. The molecule has 1 saturated carbocycles. The van der Waals surface area contributed by atoms with Crippen molar-refractivity contribution in [3.05, 3.63) is 0 Å². The van der Waals surface area contributed by atoms with E-state index in [4.69, 9.17) is 10.5 Å². The second-order valence-electron chi connectivity index (χ2n) is 3.45. The van der Waals surface area contributed by atoms with E-state index in [0.29, 0.717) is 5.92 Å². The molecule has 1 unspecified atom stereocenters. The molecule has 0 amide bonds. The molecule has 2 N–H and O–H groups in total. The molecular weight excluding hydrogens is 142 g/mol. The van der Waals surface area contributed by atoms with E-state index in [2.05, 4.69) is 0 Å². The Morgan fingerprint density at radius 1 is 1.36 bits per heavy atom. The second kappa shape index (κ2) is 2.48. The van der Waals surface area contributed by atoms with E-state index < -0.39 is 0 Å². The van der Waals surface area contributed by atoms with E-state index in [9.17, 15) is 4.79 Å². The van der Waals surface area contributed by atoms with Gasteiger partial charge >= 0.3 is 5.97 Å². The van der Waals surface area contributed by atoms with Crippen LogP contribution in [0.1, 0.15) is 25.7 Å². The summed E-state index contributed by atoms with van der Waals surface area (Å²) in [5, 5.41) is 0. The first-order valence-corrected chi connectivity index (χ1v) is 4.25. The van der Waals surface area contributed by atoms with Gasteiger partial charge in [0.2, 0.25) is 0 Å². The molecule has 0 aromatic rings. The zero-order valence-corrected chi connectivity index (χ0v) is 6.45. The smallest absolute Gasteiger partial charge is 0.323 e. The predicted molar refractivity (Wildman–Crippen MR) is 39.8 cm³/mol. The average molecular weight is 155 g/mol. The summed E-state index contributed by atoms with van der Waals surface area (Å²) < 4.78 is 5.11. The molecule has 2 rings (SSSR count). The van der Waals surface area contributed by atoms with Crippen molar-refractivity contribution in [3.8, 4) is 0 Å². The van der Waals surface area contributed by atoms with Gasteiger partial charge in [0.05, 0.1) is 0 Å². The summed E-state index contributed by atoms with van der Waals surface area (Å²) in [6.07, 6.45) is 4.61. The second-order valence-corrected chi connectivity index (χ2v) is 3.45. The number of nitrogens with two attached hydrogens (primary N) is 1. The quantitative estimate of drug-likeness (QED) is 0.516. The van der Waals surface area contributed by atoms with Crippen LogP contribution >= 0.6 is 0 Å². The fourth-order valence-electron chi connectivity index (χ4n) is 2.09. The first-order valence-electron chi connectivity index (χ1n) is 4.25. The maximum absolute atomic E-state index is 11.0. The SMILES string of the molecule is NC1C(=O)O[C@@H]2CCCC[C@H]12. The highest BCUT2D eigenvalue weighted by molar-refractivity contribution is 5.78. The van der Waals surface area contributed by atoms with Crippen LogP contribution in [0.5, 0.6) is 0 Å². The number of rotatable bonds is 0. The molecule has 1 heterocycles. The van der Waals surface area contributed by atoms with Crippen molar-refractivity contribution in [2.24, 2.45) is 11.7 Å². The predicted octanol–water partition coefficient (Wildman–Crippen LogP) is 0.429. The molecule has 1 aliphatic carbocycles. The Bertz CT molecular complexity index is 181.